The average Bonchev–Trinajstić information content (AvgIpc) is 3.39. The molecule has 2 heterocycles. The van der Waals surface area contributed by atoms with Gasteiger partial charge in [0.1, 0.15) is 12.6 Å². The van der Waals surface area contributed by atoms with E-state index in [9.17, 15) is 27.9 Å². The van der Waals surface area contributed by atoms with Gasteiger partial charge in [-0.1, -0.05) is 93.5 Å². The summed E-state index contributed by atoms with van der Waals surface area (Å²) >= 11 is 0. The summed E-state index contributed by atoms with van der Waals surface area (Å²) in [5, 5.41) is 27.4. The molecule has 1 aliphatic rings. The Morgan fingerprint density at radius 3 is 2.30 bits per heavy atom. The molecule has 5 rings (SSSR count). The quantitative estimate of drug-likeness (QED) is 0.0661. The Morgan fingerprint density at radius 2 is 1.64 bits per heavy atom. The highest BCUT2D eigenvalue weighted by atomic mass is 32.2. The zero-order valence-electron chi connectivity index (χ0n) is 30.2. The molecule has 0 bridgehead atoms. The number of fused-ring (bicyclic) bond motifs is 1. The first-order valence-corrected chi connectivity index (χ1v) is 19.0. The van der Waals surface area contributed by atoms with Crippen molar-refractivity contribution in [1.29, 1.82) is 0 Å². The first-order valence-electron chi connectivity index (χ1n) is 17.5. The number of nitrogens with one attached hydrogen (secondary N) is 1. The van der Waals surface area contributed by atoms with Crippen molar-refractivity contribution >= 4 is 45.0 Å². The average molecular weight is 743 g/mol. The third-order valence-corrected chi connectivity index (χ3v) is 11.0. The van der Waals surface area contributed by atoms with Crippen LogP contribution < -0.4 is 5.32 Å². The largest absolute Gasteiger partial charge is 0.411 e. The number of imide groups is 1. The fourth-order valence-electron chi connectivity index (χ4n) is 6.58. The Balaban J connectivity index is 1.39. The molecule has 13 nitrogen and oxygen atoms in total. The number of urea groups is 1. The normalized spacial score (nSPS) is 15.6. The highest BCUT2D eigenvalue weighted by Gasteiger charge is 2.44. The molecular weight excluding hydrogens is 697 g/mol. The van der Waals surface area contributed by atoms with Crippen molar-refractivity contribution in [3.05, 3.63) is 108 Å². The second kappa shape index (κ2) is 17.1. The number of hydrogen-bond donors (Lipinski definition) is 3. The maximum Gasteiger partial charge on any atom is 0.328 e. The molecule has 53 heavy (non-hydrogen) atoms. The number of benzene rings is 3. The van der Waals surface area contributed by atoms with Crippen LogP contribution in [-0.2, 0) is 32.6 Å². The molecule has 0 unspecified atom stereocenters. The Morgan fingerprint density at radius 1 is 0.962 bits per heavy atom. The van der Waals surface area contributed by atoms with E-state index < -0.39 is 52.0 Å². The Hall–Kier alpha value is -5.18. The summed E-state index contributed by atoms with van der Waals surface area (Å²) in [4.78, 5) is 48.2. The molecule has 1 fully saturated rings. The van der Waals surface area contributed by atoms with Crippen LogP contribution in [-0.4, -0.2) is 99.7 Å². The van der Waals surface area contributed by atoms with Crippen LogP contribution in [0.25, 0.3) is 10.9 Å². The minimum absolute atomic E-state index is 0.00881. The molecular formula is C39H46N6O7S. The zero-order chi connectivity index (χ0) is 38.3. The van der Waals surface area contributed by atoms with Crippen molar-refractivity contribution in [2.75, 3.05) is 19.6 Å². The number of hydrogen-bond acceptors (Lipinski definition) is 9. The van der Waals surface area contributed by atoms with Crippen LogP contribution in [0.4, 0.5) is 4.79 Å². The number of aromatic nitrogens is 1. The number of oxime groups is 1. The first-order chi connectivity index (χ1) is 25.3. The standard InChI is InChI=1S/C39H46N6O7S/c1-26(2)22-43(53(51,52)31-16-14-29(15-17-31)21-41-50)24-35(46)34(20-28-10-6-5-7-11-28)42-38(48)37(27(3)4)45-25-36(47)44(39(45)49)23-30-18-19-40-33-13-9-8-12-32(30)33/h5-19,21,26-27,34-35,37,46,50H,20,22-25H2,1-4H3,(H,42,48)/b41-21+/t34-,35+,37-/m0/s1. The van der Waals surface area contributed by atoms with Gasteiger partial charge in [0, 0.05) is 24.7 Å². The van der Waals surface area contributed by atoms with Crippen molar-refractivity contribution in [3.63, 3.8) is 0 Å². The minimum Gasteiger partial charge on any atom is -0.411 e. The lowest BCUT2D eigenvalue weighted by atomic mass is 9.97. The van der Waals surface area contributed by atoms with E-state index in [1.54, 1.807) is 26.1 Å². The van der Waals surface area contributed by atoms with Crippen LogP contribution in [0, 0.1) is 11.8 Å². The predicted octanol–water partition coefficient (Wildman–Crippen LogP) is 4.27. The Bertz CT molecular complexity index is 2040. The molecule has 0 saturated carbocycles. The van der Waals surface area contributed by atoms with Crippen LogP contribution in [0.3, 0.4) is 0 Å². The lowest BCUT2D eigenvalue weighted by molar-refractivity contribution is -0.129. The summed E-state index contributed by atoms with van der Waals surface area (Å²) in [6.45, 7) is 6.74. The van der Waals surface area contributed by atoms with Crippen molar-refractivity contribution in [1.82, 2.24) is 24.4 Å². The van der Waals surface area contributed by atoms with Crippen LogP contribution in [0.1, 0.15) is 44.4 Å². The predicted molar refractivity (Wildman–Crippen MR) is 201 cm³/mol. The van der Waals surface area contributed by atoms with Crippen LogP contribution in [0.2, 0.25) is 0 Å². The fourth-order valence-corrected chi connectivity index (χ4v) is 8.20. The molecule has 1 aliphatic heterocycles. The maximum atomic E-state index is 14.2. The molecule has 14 heteroatoms. The van der Waals surface area contributed by atoms with Gasteiger partial charge in [-0.25, -0.2) is 13.2 Å². The third-order valence-electron chi connectivity index (χ3n) is 9.16. The molecule has 4 amide bonds. The lowest BCUT2D eigenvalue weighted by Gasteiger charge is -2.34. The number of aliphatic hydroxyl groups excluding tert-OH is 1. The van der Waals surface area contributed by atoms with Crippen molar-refractivity contribution < 1.29 is 33.1 Å². The van der Waals surface area contributed by atoms with Crippen LogP contribution in [0.5, 0.6) is 0 Å². The number of amides is 4. The summed E-state index contributed by atoms with van der Waals surface area (Å²) < 4.78 is 29.0. The number of rotatable bonds is 16. The van der Waals surface area contributed by atoms with Gasteiger partial charge in [-0.3, -0.25) is 19.5 Å². The molecule has 1 aromatic heterocycles. The van der Waals surface area contributed by atoms with Gasteiger partial charge in [-0.05, 0) is 59.2 Å². The summed E-state index contributed by atoms with van der Waals surface area (Å²) in [6.07, 6.45) is 1.60. The topological polar surface area (TPSA) is 173 Å². The number of aliphatic hydroxyl groups is 1. The molecule has 0 aliphatic carbocycles. The monoisotopic (exact) mass is 742 g/mol. The van der Waals surface area contributed by atoms with E-state index in [2.05, 4.69) is 15.5 Å². The lowest BCUT2D eigenvalue weighted by Crippen LogP contribution is -2.57. The van der Waals surface area contributed by atoms with Gasteiger partial charge in [0.25, 0.3) is 5.91 Å². The van der Waals surface area contributed by atoms with E-state index in [0.717, 1.165) is 26.9 Å². The molecule has 1 saturated heterocycles. The summed E-state index contributed by atoms with van der Waals surface area (Å²) in [6, 6.07) is 21.6. The first kappa shape index (κ1) is 39.0. The van der Waals surface area contributed by atoms with Gasteiger partial charge in [-0.15, -0.1) is 0 Å². The van der Waals surface area contributed by atoms with E-state index >= 15 is 0 Å². The van der Waals surface area contributed by atoms with Crippen LogP contribution in [0.15, 0.2) is 101 Å². The second-order valence-electron chi connectivity index (χ2n) is 14.0. The molecule has 3 aromatic carbocycles. The van der Waals surface area contributed by atoms with Gasteiger partial charge < -0.3 is 20.5 Å². The number of carbonyl (C=O) groups is 3. The molecule has 3 N–H and O–H groups in total. The number of sulfonamides is 1. The third kappa shape index (κ3) is 9.25. The van der Waals surface area contributed by atoms with E-state index in [4.69, 9.17) is 5.21 Å². The molecule has 280 valence electrons. The van der Waals surface area contributed by atoms with Gasteiger partial charge in [0.15, 0.2) is 0 Å². The molecule has 0 radical (unpaired) electrons. The van der Waals surface area contributed by atoms with Gasteiger partial charge in [0.05, 0.1) is 35.3 Å². The van der Waals surface area contributed by atoms with Crippen molar-refractivity contribution in [3.8, 4) is 0 Å². The fraction of sp³-hybridized carbons (Fsp3) is 0.359. The summed E-state index contributed by atoms with van der Waals surface area (Å²) in [7, 11) is -4.11. The Kier molecular flexibility index (Phi) is 12.6. The van der Waals surface area contributed by atoms with Gasteiger partial charge >= 0.3 is 6.03 Å². The van der Waals surface area contributed by atoms with Gasteiger partial charge in [-0.2, -0.15) is 4.31 Å². The highest BCUT2D eigenvalue weighted by Crippen LogP contribution is 2.25. The van der Waals surface area contributed by atoms with Crippen LogP contribution >= 0.6 is 0 Å². The number of para-hydroxylation sites is 1. The SMILES string of the molecule is CC(C)CN(C[C@@H](O)[C@H](Cc1ccccc1)NC(=O)[C@H](C(C)C)N1CC(=O)N(Cc2ccnc3ccccc23)C1=O)S(=O)(=O)c1ccc(/C=N/O)cc1. The van der Waals surface area contributed by atoms with E-state index in [-0.39, 0.29) is 43.4 Å². The molecule has 3 atom stereocenters. The number of pyridine rings is 1. The summed E-state index contributed by atoms with van der Waals surface area (Å²) in [5.41, 5.74) is 2.76. The van der Waals surface area contributed by atoms with E-state index in [1.807, 2.05) is 68.4 Å². The molecule has 0 spiro atoms. The smallest absolute Gasteiger partial charge is 0.328 e. The van der Waals surface area contributed by atoms with Gasteiger partial charge in [0.2, 0.25) is 15.9 Å². The highest BCUT2D eigenvalue weighted by molar-refractivity contribution is 7.89. The minimum atomic E-state index is -4.11. The van der Waals surface area contributed by atoms with E-state index in [0.29, 0.717) is 5.56 Å². The molecule has 4 aromatic rings. The Labute approximate surface area is 310 Å². The zero-order valence-corrected chi connectivity index (χ0v) is 31.1. The second-order valence-corrected chi connectivity index (χ2v) is 15.9. The van der Waals surface area contributed by atoms with Crippen molar-refractivity contribution in [2.45, 2.75) is 63.7 Å². The van der Waals surface area contributed by atoms with E-state index in [1.165, 1.54) is 39.7 Å². The summed E-state index contributed by atoms with van der Waals surface area (Å²) in [5.74, 6) is -1.53. The number of carbonyl (C=O) groups excluding carboxylic acids is 3. The number of nitrogens with zero attached hydrogens (tertiary/aromatic N) is 5. The maximum absolute atomic E-state index is 14.2. The van der Waals surface area contributed by atoms with Crippen molar-refractivity contribution in [2.24, 2.45) is 17.0 Å².